The molecule has 0 aliphatic carbocycles. The van der Waals surface area contributed by atoms with E-state index in [4.69, 9.17) is 16.7 Å². The van der Waals surface area contributed by atoms with Crippen LogP contribution in [0, 0.1) is 11.6 Å². The summed E-state index contributed by atoms with van der Waals surface area (Å²) >= 11 is 5.15. The first kappa shape index (κ1) is 19.8. The molecular weight excluding hydrogens is 338 g/mol. The highest BCUT2D eigenvalue weighted by molar-refractivity contribution is 6.63. The molecule has 0 heterocycles. The fraction of sp³-hybridized carbons (Fsp3) is 0.222. The molecule has 0 fully saturated rings. The molecule has 0 bridgehead atoms. The van der Waals surface area contributed by atoms with Crippen LogP contribution in [-0.2, 0) is 22.4 Å². The van der Waals surface area contributed by atoms with Gasteiger partial charge >= 0.3 is 5.97 Å². The number of carbonyl (C=O) groups is 2. The van der Waals surface area contributed by atoms with Gasteiger partial charge in [0, 0.05) is 12.8 Å². The summed E-state index contributed by atoms with van der Waals surface area (Å²) in [7, 11) is 0. The highest BCUT2D eigenvalue weighted by Gasteiger charge is 1.99. The Labute approximate surface area is 143 Å². The molecule has 128 valence electrons. The van der Waals surface area contributed by atoms with E-state index in [0.717, 1.165) is 11.1 Å². The molecule has 3 nitrogen and oxygen atoms in total. The lowest BCUT2D eigenvalue weighted by Gasteiger charge is -1.96. The molecule has 0 spiro atoms. The molecule has 0 amide bonds. The van der Waals surface area contributed by atoms with Crippen LogP contribution in [0.4, 0.5) is 8.78 Å². The second kappa shape index (κ2) is 10.5. The Bertz CT molecular complexity index is 595. The second-order valence-corrected chi connectivity index (χ2v) is 5.42. The van der Waals surface area contributed by atoms with Gasteiger partial charge in [-0.15, -0.1) is 0 Å². The zero-order valence-electron chi connectivity index (χ0n) is 12.8. The fourth-order valence-electron chi connectivity index (χ4n) is 1.80. The number of carboxylic acids is 1. The number of carboxylic acid groups (broad SMARTS) is 1. The van der Waals surface area contributed by atoms with Crippen molar-refractivity contribution in [3.05, 3.63) is 71.3 Å². The molecule has 6 heteroatoms. The predicted octanol–water partition coefficient (Wildman–Crippen LogP) is 4.37. The number of hydrogen-bond acceptors (Lipinski definition) is 2. The molecule has 0 saturated heterocycles. The van der Waals surface area contributed by atoms with Gasteiger partial charge in [0.1, 0.15) is 11.6 Å². The summed E-state index contributed by atoms with van der Waals surface area (Å²) in [6.07, 6.45) is 1.41. The Morgan fingerprint density at radius 2 is 1.17 bits per heavy atom. The molecule has 2 aromatic carbocycles. The van der Waals surface area contributed by atoms with Crippen LogP contribution in [0.5, 0.6) is 0 Å². The lowest BCUT2D eigenvalue weighted by molar-refractivity contribution is -0.137. The van der Waals surface area contributed by atoms with Crippen LogP contribution in [0.25, 0.3) is 0 Å². The molecule has 0 aliphatic heterocycles. The van der Waals surface area contributed by atoms with E-state index in [1.165, 1.54) is 24.3 Å². The zero-order valence-corrected chi connectivity index (χ0v) is 13.6. The van der Waals surface area contributed by atoms with E-state index in [9.17, 15) is 18.4 Å². The van der Waals surface area contributed by atoms with Crippen LogP contribution < -0.4 is 0 Å². The summed E-state index contributed by atoms with van der Waals surface area (Å²) < 4.78 is 24.8. The summed E-state index contributed by atoms with van der Waals surface area (Å²) in [6.45, 7) is 0. The number of aliphatic carboxylic acids is 1. The monoisotopic (exact) mass is 354 g/mol. The molecule has 0 aliphatic rings. The van der Waals surface area contributed by atoms with E-state index >= 15 is 0 Å². The Kier molecular flexibility index (Phi) is 8.65. The van der Waals surface area contributed by atoms with Crippen molar-refractivity contribution < 1.29 is 23.5 Å². The number of halogens is 3. The Morgan fingerprint density at radius 1 is 0.792 bits per heavy atom. The van der Waals surface area contributed by atoms with Crippen LogP contribution in [0.15, 0.2) is 48.5 Å². The summed E-state index contributed by atoms with van der Waals surface area (Å²) in [5.74, 6) is -1.40. The van der Waals surface area contributed by atoms with Gasteiger partial charge in [-0.1, -0.05) is 24.3 Å². The highest BCUT2D eigenvalue weighted by Crippen LogP contribution is 2.06. The topological polar surface area (TPSA) is 54.4 Å². The first-order valence-corrected chi connectivity index (χ1v) is 7.63. The van der Waals surface area contributed by atoms with E-state index in [1.807, 2.05) is 0 Å². The quantitative estimate of drug-likeness (QED) is 0.784. The lowest BCUT2D eigenvalue weighted by Crippen LogP contribution is -1.97. The zero-order chi connectivity index (χ0) is 17.9. The third-order valence-corrected chi connectivity index (χ3v) is 3.25. The Hall–Kier alpha value is -2.27. The van der Waals surface area contributed by atoms with Crippen molar-refractivity contribution in [3.63, 3.8) is 0 Å². The number of hydrogen-bond donors (Lipinski definition) is 1. The molecule has 2 rings (SSSR count). The van der Waals surface area contributed by atoms with Gasteiger partial charge < -0.3 is 5.11 Å². The van der Waals surface area contributed by atoms with E-state index < -0.39 is 5.97 Å². The van der Waals surface area contributed by atoms with Gasteiger partial charge in [-0.25, -0.2) is 8.78 Å². The van der Waals surface area contributed by atoms with Gasteiger partial charge in [0.15, 0.2) is 0 Å². The molecule has 0 unspecified atom stereocenters. The maximum Gasteiger partial charge on any atom is 0.303 e. The third-order valence-electron chi connectivity index (χ3n) is 3.06. The van der Waals surface area contributed by atoms with Gasteiger partial charge in [0.05, 0.1) is 0 Å². The van der Waals surface area contributed by atoms with Crippen LogP contribution >= 0.6 is 11.6 Å². The van der Waals surface area contributed by atoms with Crippen molar-refractivity contribution in [1.29, 1.82) is 0 Å². The minimum absolute atomic E-state index is 0.0889. The van der Waals surface area contributed by atoms with Crippen LogP contribution in [0.2, 0.25) is 0 Å². The minimum Gasteiger partial charge on any atom is -0.481 e. The number of rotatable bonds is 6. The lowest BCUT2D eigenvalue weighted by atomic mass is 10.1. The summed E-state index contributed by atoms with van der Waals surface area (Å²) in [5, 5.41) is 7.99. The maximum atomic E-state index is 12.4. The molecule has 0 saturated carbocycles. The summed E-state index contributed by atoms with van der Waals surface area (Å²) in [4.78, 5) is 20.5. The predicted molar refractivity (Wildman–Crippen MR) is 87.9 cm³/mol. The van der Waals surface area contributed by atoms with Crippen LogP contribution in [-0.4, -0.2) is 16.3 Å². The van der Waals surface area contributed by atoms with Crippen molar-refractivity contribution in [2.24, 2.45) is 0 Å². The Balaban J connectivity index is 0.000000240. The molecule has 0 radical (unpaired) electrons. The summed E-state index contributed by atoms with van der Waals surface area (Å²) in [5.41, 5.74) is 1.77. The average molecular weight is 355 g/mol. The fourth-order valence-corrected chi connectivity index (χ4v) is 1.89. The molecule has 24 heavy (non-hydrogen) atoms. The number of benzene rings is 2. The van der Waals surface area contributed by atoms with Gasteiger partial charge in [0.2, 0.25) is 5.24 Å². The van der Waals surface area contributed by atoms with Crippen molar-refractivity contribution in [2.45, 2.75) is 25.7 Å². The van der Waals surface area contributed by atoms with Crippen molar-refractivity contribution in [2.75, 3.05) is 0 Å². The second-order valence-electron chi connectivity index (χ2n) is 5.00. The largest absolute Gasteiger partial charge is 0.481 e. The Morgan fingerprint density at radius 3 is 1.50 bits per heavy atom. The highest BCUT2D eigenvalue weighted by atomic mass is 35.5. The molecule has 1 N–H and O–H groups in total. The standard InChI is InChI=1S/C9H8ClFO.C9H9FO2/c10-9(12)6-3-7-1-4-8(11)5-2-7;10-8-4-1-7(2-5-8)3-6-9(11)12/h1-2,4-5H,3,6H2;1-2,4-5H,3,6H2,(H,11,12). The molecular formula is C18H17ClF2O3. The van der Waals surface area contributed by atoms with Gasteiger partial charge in [-0.3, -0.25) is 9.59 Å². The summed E-state index contributed by atoms with van der Waals surface area (Å²) in [6, 6.07) is 11.9. The third kappa shape index (κ3) is 9.00. The smallest absolute Gasteiger partial charge is 0.303 e. The van der Waals surface area contributed by atoms with E-state index in [0.29, 0.717) is 19.3 Å². The average Bonchev–Trinajstić information content (AvgIpc) is 2.54. The SMILES string of the molecule is O=C(Cl)CCc1ccc(F)cc1.O=C(O)CCc1ccc(F)cc1. The number of carbonyl (C=O) groups excluding carboxylic acids is 1. The normalized spacial score (nSPS) is 9.79. The van der Waals surface area contributed by atoms with Crippen molar-refractivity contribution >= 4 is 22.8 Å². The number of aryl methyl sites for hydroxylation is 2. The maximum absolute atomic E-state index is 12.4. The van der Waals surface area contributed by atoms with E-state index in [1.54, 1.807) is 24.3 Å². The van der Waals surface area contributed by atoms with Gasteiger partial charge in [-0.2, -0.15) is 0 Å². The minimum atomic E-state index is -0.834. The van der Waals surface area contributed by atoms with Gasteiger partial charge in [0.25, 0.3) is 0 Å². The van der Waals surface area contributed by atoms with Gasteiger partial charge in [-0.05, 0) is 59.8 Å². The van der Waals surface area contributed by atoms with Crippen molar-refractivity contribution in [1.82, 2.24) is 0 Å². The first-order chi connectivity index (χ1) is 11.4. The molecule has 0 atom stereocenters. The van der Waals surface area contributed by atoms with E-state index in [2.05, 4.69) is 0 Å². The van der Waals surface area contributed by atoms with Crippen molar-refractivity contribution in [3.8, 4) is 0 Å². The first-order valence-electron chi connectivity index (χ1n) is 7.26. The van der Waals surface area contributed by atoms with E-state index in [-0.39, 0.29) is 23.3 Å². The molecule has 0 aromatic heterocycles. The molecule has 2 aromatic rings. The van der Waals surface area contributed by atoms with Crippen LogP contribution in [0.3, 0.4) is 0 Å². The van der Waals surface area contributed by atoms with Crippen LogP contribution in [0.1, 0.15) is 24.0 Å².